The maximum Gasteiger partial charge on any atom is 0.292 e. The number of ether oxygens (including phenoxy) is 1. The number of carbonyl (C=O) groups excluding carboxylic acids is 1. The lowest BCUT2D eigenvalue weighted by atomic mass is 10.1. The van der Waals surface area contributed by atoms with E-state index >= 15 is 0 Å². The molecule has 8 nitrogen and oxygen atoms in total. The molecular formula is C19H19ClN4O4S. The molecule has 0 bridgehead atoms. The number of hydrogen-bond donors (Lipinski definition) is 2. The zero-order chi connectivity index (χ0) is 21.0. The van der Waals surface area contributed by atoms with Gasteiger partial charge in [-0.05, 0) is 55.0 Å². The summed E-state index contributed by atoms with van der Waals surface area (Å²) in [5.74, 6) is -0.382. The number of nitro benzene ring substituents is 1. The van der Waals surface area contributed by atoms with Crippen LogP contribution in [0.2, 0.25) is 5.02 Å². The molecule has 2 N–H and O–H groups in total. The average molecular weight is 435 g/mol. The number of anilines is 2. The lowest BCUT2D eigenvalue weighted by Crippen LogP contribution is -2.37. The van der Waals surface area contributed by atoms with Gasteiger partial charge in [-0.1, -0.05) is 11.6 Å². The SMILES string of the molecule is Cc1cc([N+](=O)[O-])c(N2CCOCC2)cc1NC(=S)NC(=O)c1ccc(Cl)cc1. The van der Waals surface area contributed by atoms with Gasteiger partial charge in [-0.2, -0.15) is 0 Å². The van der Waals surface area contributed by atoms with Gasteiger partial charge in [0.15, 0.2) is 5.11 Å². The number of benzene rings is 2. The molecule has 10 heteroatoms. The Balaban J connectivity index is 1.78. The van der Waals surface area contributed by atoms with Crippen molar-refractivity contribution in [3.05, 3.63) is 62.7 Å². The molecule has 0 spiro atoms. The van der Waals surface area contributed by atoms with Gasteiger partial charge in [-0.25, -0.2) is 0 Å². The predicted molar refractivity (Wildman–Crippen MR) is 116 cm³/mol. The molecule has 0 unspecified atom stereocenters. The lowest BCUT2D eigenvalue weighted by molar-refractivity contribution is -0.384. The smallest absolute Gasteiger partial charge is 0.292 e. The third kappa shape index (κ3) is 5.20. The Morgan fingerprint density at radius 1 is 1.24 bits per heavy atom. The second kappa shape index (κ2) is 9.17. The summed E-state index contributed by atoms with van der Waals surface area (Å²) in [6.45, 7) is 3.86. The van der Waals surface area contributed by atoms with E-state index in [4.69, 9.17) is 28.6 Å². The number of nitro groups is 1. The summed E-state index contributed by atoms with van der Waals surface area (Å²) in [5, 5.41) is 17.7. The van der Waals surface area contributed by atoms with Crippen molar-refractivity contribution < 1.29 is 14.5 Å². The minimum Gasteiger partial charge on any atom is -0.378 e. The zero-order valence-electron chi connectivity index (χ0n) is 15.6. The van der Waals surface area contributed by atoms with Crippen LogP contribution in [0.1, 0.15) is 15.9 Å². The van der Waals surface area contributed by atoms with Crippen molar-refractivity contribution in [3.63, 3.8) is 0 Å². The molecule has 3 rings (SSSR count). The highest BCUT2D eigenvalue weighted by atomic mass is 35.5. The molecule has 2 aromatic rings. The van der Waals surface area contributed by atoms with Crippen LogP contribution >= 0.6 is 23.8 Å². The van der Waals surface area contributed by atoms with Crippen LogP contribution in [0.25, 0.3) is 0 Å². The first-order valence-corrected chi connectivity index (χ1v) is 9.63. The number of morpholine rings is 1. The number of hydrogen-bond acceptors (Lipinski definition) is 6. The number of halogens is 1. The normalized spacial score (nSPS) is 13.7. The number of nitrogens with zero attached hydrogens (tertiary/aromatic N) is 2. The monoisotopic (exact) mass is 434 g/mol. The van der Waals surface area contributed by atoms with Gasteiger partial charge < -0.3 is 15.0 Å². The maximum atomic E-state index is 12.3. The zero-order valence-corrected chi connectivity index (χ0v) is 17.2. The first-order chi connectivity index (χ1) is 13.8. The molecule has 0 radical (unpaired) electrons. The fourth-order valence-electron chi connectivity index (χ4n) is 2.95. The van der Waals surface area contributed by atoms with E-state index in [0.717, 1.165) is 0 Å². The van der Waals surface area contributed by atoms with E-state index in [1.54, 1.807) is 37.3 Å². The Bertz CT molecular complexity index is 946. The van der Waals surface area contributed by atoms with Crippen LogP contribution in [0.5, 0.6) is 0 Å². The second-order valence-electron chi connectivity index (χ2n) is 6.43. The van der Waals surface area contributed by atoms with Crippen LogP contribution in [0, 0.1) is 17.0 Å². The van der Waals surface area contributed by atoms with Crippen LogP contribution in [0.4, 0.5) is 17.1 Å². The summed E-state index contributed by atoms with van der Waals surface area (Å²) in [4.78, 5) is 25.3. The molecule has 1 saturated heterocycles. The number of amides is 1. The maximum absolute atomic E-state index is 12.3. The number of thiocarbonyl (C=S) groups is 1. The molecule has 0 aromatic heterocycles. The minimum atomic E-state index is -0.401. The van der Waals surface area contributed by atoms with E-state index in [0.29, 0.717) is 53.8 Å². The highest BCUT2D eigenvalue weighted by Gasteiger charge is 2.23. The average Bonchev–Trinajstić information content (AvgIpc) is 2.70. The van der Waals surface area contributed by atoms with E-state index in [1.165, 1.54) is 6.07 Å². The molecule has 1 fully saturated rings. The van der Waals surface area contributed by atoms with Gasteiger partial charge >= 0.3 is 0 Å². The Morgan fingerprint density at radius 2 is 1.90 bits per heavy atom. The molecule has 1 amide bonds. The van der Waals surface area contributed by atoms with Crippen molar-refractivity contribution in [3.8, 4) is 0 Å². The van der Waals surface area contributed by atoms with Crippen molar-refractivity contribution in [2.45, 2.75) is 6.92 Å². The standard InChI is InChI=1S/C19H19ClN4O4S/c1-12-10-17(24(26)27)16(23-6-8-28-9-7-23)11-15(12)21-19(29)22-18(25)13-2-4-14(20)5-3-13/h2-5,10-11H,6-9H2,1H3,(H2,21,22,25,29). The van der Waals surface area contributed by atoms with Crippen molar-refractivity contribution in [1.82, 2.24) is 5.32 Å². The van der Waals surface area contributed by atoms with Crippen LogP contribution in [-0.4, -0.2) is 42.2 Å². The minimum absolute atomic E-state index is 0.0195. The van der Waals surface area contributed by atoms with Crippen LogP contribution in [-0.2, 0) is 4.74 Å². The van der Waals surface area contributed by atoms with Gasteiger partial charge in [0.25, 0.3) is 11.6 Å². The fourth-order valence-corrected chi connectivity index (χ4v) is 3.28. The first kappa shape index (κ1) is 21.0. The number of rotatable bonds is 4. The van der Waals surface area contributed by atoms with Crippen molar-refractivity contribution in [2.24, 2.45) is 0 Å². The summed E-state index contributed by atoms with van der Waals surface area (Å²) < 4.78 is 5.33. The topological polar surface area (TPSA) is 96.7 Å². The van der Waals surface area contributed by atoms with Gasteiger partial charge in [0.2, 0.25) is 0 Å². The van der Waals surface area contributed by atoms with E-state index in [-0.39, 0.29) is 16.7 Å². The number of aryl methyl sites for hydroxylation is 1. The Kier molecular flexibility index (Phi) is 6.63. The Morgan fingerprint density at radius 3 is 2.52 bits per heavy atom. The second-order valence-corrected chi connectivity index (χ2v) is 7.27. The Labute approximate surface area is 177 Å². The molecular weight excluding hydrogens is 416 g/mol. The molecule has 1 aliphatic heterocycles. The number of nitrogens with one attached hydrogen (secondary N) is 2. The van der Waals surface area contributed by atoms with Crippen LogP contribution in [0.15, 0.2) is 36.4 Å². The van der Waals surface area contributed by atoms with Crippen molar-refractivity contribution in [1.29, 1.82) is 0 Å². The molecule has 2 aromatic carbocycles. The Hall–Kier alpha value is -2.75. The fraction of sp³-hybridized carbons (Fsp3) is 0.263. The largest absolute Gasteiger partial charge is 0.378 e. The lowest BCUT2D eigenvalue weighted by Gasteiger charge is -2.29. The van der Waals surface area contributed by atoms with Gasteiger partial charge in [-0.3, -0.25) is 20.2 Å². The van der Waals surface area contributed by atoms with E-state index in [2.05, 4.69) is 10.6 Å². The van der Waals surface area contributed by atoms with Crippen molar-refractivity contribution in [2.75, 3.05) is 36.5 Å². The highest BCUT2D eigenvalue weighted by molar-refractivity contribution is 7.80. The summed E-state index contributed by atoms with van der Waals surface area (Å²) in [6.07, 6.45) is 0. The summed E-state index contributed by atoms with van der Waals surface area (Å²) in [5.41, 5.74) is 2.13. The van der Waals surface area contributed by atoms with Crippen LogP contribution < -0.4 is 15.5 Å². The third-order valence-corrected chi connectivity index (χ3v) is 4.91. The van der Waals surface area contributed by atoms with E-state index in [9.17, 15) is 14.9 Å². The molecule has 0 aliphatic carbocycles. The summed E-state index contributed by atoms with van der Waals surface area (Å²) in [7, 11) is 0. The summed E-state index contributed by atoms with van der Waals surface area (Å²) >= 11 is 11.1. The first-order valence-electron chi connectivity index (χ1n) is 8.85. The predicted octanol–water partition coefficient (Wildman–Crippen LogP) is 3.52. The molecule has 29 heavy (non-hydrogen) atoms. The van der Waals surface area contributed by atoms with Crippen molar-refractivity contribution >= 4 is 51.9 Å². The van der Waals surface area contributed by atoms with E-state index < -0.39 is 4.92 Å². The molecule has 0 atom stereocenters. The molecule has 1 heterocycles. The van der Waals surface area contributed by atoms with Gasteiger partial charge in [0.05, 0.1) is 18.1 Å². The number of carbonyl (C=O) groups is 1. The highest BCUT2D eigenvalue weighted by Crippen LogP contribution is 2.34. The van der Waals surface area contributed by atoms with Gasteiger partial charge in [0, 0.05) is 35.4 Å². The van der Waals surface area contributed by atoms with Gasteiger partial charge in [0.1, 0.15) is 5.69 Å². The van der Waals surface area contributed by atoms with Gasteiger partial charge in [-0.15, -0.1) is 0 Å². The van der Waals surface area contributed by atoms with E-state index in [1.807, 2.05) is 4.90 Å². The summed E-state index contributed by atoms with van der Waals surface area (Å²) in [6, 6.07) is 9.59. The molecule has 1 aliphatic rings. The molecule has 0 saturated carbocycles. The van der Waals surface area contributed by atoms with Crippen LogP contribution in [0.3, 0.4) is 0 Å². The molecule has 152 valence electrons. The quantitative estimate of drug-likeness (QED) is 0.431. The third-order valence-electron chi connectivity index (χ3n) is 4.45.